The summed E-state index contributed by atoms with van der Waals surface area (Å²) >= 11 is 0. The quantitative estimate of drug-likeness (QED) is 0.223. The Morgan fingerprint density at radius 3 is 2.60 bits per heavy atom. The second-order valence-electron chi connectivity index (χ2n) is 6.93. The van der Waals surface area contributed by atoms with Gasteiger partial charge < -0.3 is 25.3 Å². The highest BCUT2D eigenvalue weighted by Crippen LogP contribution is 2.20. The van der Waals surface area contributed by atoms with Crippen LogP contribution < -0.4 is 20.9 Å². The van der Waals surface area contributed by atoms with Gasteiger partial charge in [0.05, 0.1) is 12.3 Å². The first-order chi connectivity index (χ1) is 14.1. The highest BCUT2D eigenvalue weighted by molar-refractivity contribution is 14.0. The molecule has 0 spiro atoms. The molecule has 30 heavy (non-hydrogen) atoms. The van der Waals surface area contributed by atoms with E-state index in [-0.39, 0.29) is 41.8 Å². The van der Waals surface area contributed by atoms with Crippen LogP contribution in [0.4, 0.5) is 5.69 Å². The Kier molecular flexibility index (Phi) is 9.15. The summed E-state index contributed by atoms with van der Waals surface area (Å²) < 4.78 is 5.17. The van der Waals surface area contributed by atoms with E-state index in [9.17, 15) is 9.59 Å². The smallest absolute Gasteiger partial charge is 0.287 e. The molecule has 1 atom stereocenters. The molecule has 8 nitrogen and oxygen atoms in total. The maximum atomic E-state index is 12.3. The molecule has 0 saturated carbocycles. The summed E-state index contributed by atoms with van der Waals surface area (Å²) in [6.45, 7) is 3.59. The number of benzene rings is 1. The van der Waals surface area contributed by atoms with E-state index in [2.05, 4.69) is 20.9 Å². The van der Waals surface area contributed by atoms with E-state index in [0.29, 0.717) is 37.8 Å². The monoisotopic (exact) mass is 525 g/mol. The number of carbonyl (C=O) groups is 2. The second kappa shape index (κ2) is 11.6. The first kappa shape index (κ1) is 23.7. The van der Waals surface area contributed by atoms with Crippen LogP contribution in [0, 0.1) is 6.92 Å². The molecule has 2 aromatic rings. The molecule has 2 amide bonds. The fourth-order valence-electron chi connectivity index (χ4n) is 3.23. The van der Waals surface area contributed by atoms with Crippen LogP contribution in [-0.4, -0.2) is 50.5 Å². The van der Waals surface area contributed by atoms with Crippen molar-refractivity contribution in [2.24, 2.45) is 4.99 Å². The number of aliphatic imine (C=N–C) groups is 1. The van der Waals surface area contributed by atoms with Crippen LogP contribution in [0.3, 0.4) is 0 Å². The lowest BCUT2D eigenvalue weighted by Gasteiger charge is -2.19. The fourth-order valence-corrected chi connectivity index (χ4v) is 3.23. The lowest BCUT2D eigenvalue weighted by atomic mass is 10.2. The summed E-state index contributed by atoms with van der Waals surface area (Å²) in [5.41, 5.74) is 1.73. The lowest BCUT2D eigenvalue weighted by molar-refractivity contribution is -0.117. The average molecular weight is 525 g/mol. The molecular formula is C21H28IN5O3. The second-order valence-corrected chi connectivity index (χ2v) is 6.93. The molecule has 0 radical (unpaired) electrons. The molecule has 0 bridgehead atoms. The van der Waals surface area contributed by atoms with Crippen molar-refractivity contribution in [3.63, 3.8) is 0 Å². The number of guanidine groups is 1. The van der Waals surface area contributed by atoms with Crippen molar-refractivity contribution in [3.05, 3.63) is 54.0 Å². The summed E-state index contributed by atoms with van der Waals surface area (Å²) in [6.07, 6.45) is 2.66. The summed E-state index contributed by atoms with van der Waals surface area (Å²) in [4.78, 5) is 30.3. The van der Waals surface area contributed by atoms with Gasteiger partial charge in [-0.25, -0.2) is 0 Å². The molecule has 0 aliphatic carbocycles. The van der Waals surface area contributed by atoms with Gasteiger partial charge in [-0.3, -0.25) is 14.6 Å². The van der Waals surface area contributed by atoms with Crippen LogP contribution in [0.25, 0.3) is 0 Å². The lowest BCUT2D eigenvalue weighted by Crippen LogP contribution is -2.45. The third-order valence-corrected chi connectivity index (χ3v) is 4.76. The molecule has 9 heteroatoms. The number of carbonyl (C=O) groups excluding carboxylic acids is 2. The van der Waals surface area contributed by atoms with Crippen molar-refractivity contribution >= 4 is 47.4 Å². The van der Waals surface area contributed by atoms with Gasteiger partial charge >= 0.3 is 0 Å². The van der Waals surface area contributed by atoms with E-state index in [0.717, 1.165) is 17.7 Å². The molecule has 1 aliphatic heterocycles. The molecule has 1 saturated heterocycles. The number of halogens is 1. The van der Waals surface area contributed by atoms with E-state index >= 15 is 0 Å². The third-order valence-electron chi connectivity index (χ3n) is 4.76. The van der Waals surface area contributed by atoms with E-state index < -0.39 is 0 Å². The molecule has 162 valence electrons. The number of aryl methyl sites for hydroxylation is 1. The van der Waals surface area contributed by atoms with Gasteiger partial charge in [-0.2, -0.15) is 0 Å². The van der Waals surface area contributed by atoms with Crippen molar-refractivity contribution in [2.45, 2.75) is 25.8 Å². The maximum absolute atomic E-state index is 12.3. The number of nitrogens with zero attached hydrogens (tertiary/aromatic N) is 2. The van der Waals surface area contributed by atoms with Gasteiger partial charge in [0, 0.05) is 44.4 Å². The molecule has 1 unspecified atom stereocenters. The van der Waals surface area contributed by atoms with Gasteiger partial charge in [-0.1, -0.05) is 18.2 Å². The standard InChI is InChI=1S/C21H27N5O3.HI/c1-15-9-12-29-19(15)20(28)23-10-6-11-24-21(22-2)25-16-13-18(27)26(14-16)17-7-4-3-5-8-17;/h3-5,7-9,12,16H,6,10-11,13-14H2,1-2H3,(H,23,28)(H2,22,24,25);1H. The molecule has 1 aromatic carbocycles. The molecule has 3 rings (SSSR count). The number of rotatable bonds is 7. The van der Waals surface area contributed by atoms with E-state index in [1.807, 2.05) is 37.3 Å². The normalized spacial score (nSPS) is 16.2. The highest BCUT2D eigenvalue weighted by Gasteiger charge is 2.30. The van der Waals surface area contributed by atoms with Crippen molar-refractivity contribution < 1.29 is 14.0 Å². The van der Waals surface area contributed by atoms with Crippen LogP contribution in [-0.2, 0) is 4.79 Å². The predicted molar refractivity (Wildman–Crippen MR) is 128 cm³/mol. The van der Waals surface area contributed by atoms with Gasteiger partial charge in [0.1, 0.15) is 0 Å². The number of hydrogen-bond acceptors (Lipinski definition) is 4. The zero-order chi connectivity index (χ0) is 20.6. The number of furan rings is 1. The van der Waals surface area contributed by atoms with E-state index in [1.165, 1.54) is 6.26 Å². The Balaban J connectivity index is 0.00000320. The minimum absolute atomic E-state index is 0. The van der Waals surface area contributed by atoms with Crippen LogP contribution in [0.1, 0.15) is 29.0 Å². The Morgan fingerprint density at radius 1 is 1.20 bits per heavy atom. The van der Waals surface area contributed by atoms with E-state index in [4.69, 9.17) is 4.42 Å². The fraction of sp³-hybridized carbons (Fsp3) is 0.381. The minimum atomic E-state index is -0.208. The SMILES string of the molecule is CN=C(NCCCNC(=O)c1occc1C)NC1CC(=O)N(c2ccccc2)C1.I. The molecule has 3 N–H and O–H groups in total. The van der Waals surface area contributed by atoms with Gasteiger partial charge in [0.25, 0.3) is 5.91 Å². The van der Waals surface area contributed by atoms with Gasteiger partial charge in [0.15, 0.2) is 11.7 Å². The average Bonchev–Trinajstić information content (AvgIpc) is 3.32. The van der Waals surface area contributed by atoms with Gasteiger partial charge in [-0.15, -0.1) is 24.0 Å². The number of nitrogens with one attached hydrogen (secondary N) is 3. The van der Waals surface area contributed by atoms with Crippen molar-refractivity contribution in [1.82, 2.24) is 16.0 Å². The number of hydrogen-bond donors (Lipinski definition) is 3. The Bertz CT molecular complexity index is 869. The summed E-state index contributed by atoms with van der Waals surface area (Å²) in [5, 5.41) is 9.36. The molecule has 1 fully saturated rings. The number of anilines is 1. The van der Waals surface area contributed by atoms with E-state index in [1.54, 1.807) is 18.0 Å². The Hall–Kier alpha value is -2.56. The third kappa shape index (κ3) is 6.22. The predicted octanol–water partition coefficient (Wildman–Crippen LogP) is 2.30. The Labute approximate surface area is 193 Å². The zero-order valence-corrected chi connectivity index (χ0v) is 19.5. The molecule has 2 heterocycles. The molecular weight excluding hydrogens is 497 g/mol. The van der Waals surface area contributed by atoms with Crippen molar-refractivity contribution in [2.75, 3.05) is 31.6 Å². The van der Waals surface area contributed by atoms with Crippen LogP contribution in [0.2, 0.25) is 0 Å². The van der Waals surface area contributed by atoms with Gasteiger partial charge in [0.2, 0.25) is 5.91 Å². The van der Waals surface area contributed by atoms with Crippen molar-refractivity contribution in [1.29, 1.82) is 0 Å². The number of amides is 2. The van der Waals surface area contributed by atoms with Crippen LogP contribution in [0.15, 0.2) is 52.1 Å². The maximum Gasteiger partial charge on any atom is 0.287 e. The van der Waals surface area contributed by atoms with Crippen LogP contribution >= 0.6 is 24.0 Å². The topological polar surface area (TPSA) is 99.0 Å². The van der Waals surface area contributed by atoms with Crippen LogP contribution in [0.5, 0.6) is 0 Å². The largest absolute Gasteiger partial charge is 0.459 e. The summed E-state index contributed by atoms with van der Waals surface area (Å²) in [7, 11) is 1.70. The van der Waals surface area contributed by atoms with Gasteiger partial charge in [-0.05, 0) is 31.5 Å². The number of para-hydroxylation sites is 1. The summed E-state index contributed by atoms with van der Waals surface area (Å²) in [6, 6.07) is 11.4. The van der Waals surface area contributed by atoms with Crippen molar-refractivity contribution in [3.8, 4) is 0 Å². The Morgan fingerprint density at radius 2 is 1.93 bits per heavy atom. The molecule has 1 aliphatic rings. The highest BCUT2D eigenvalue weighted by atomic mass is 127. The first-order valence-electron chi connectivity index (χ1n) is 9.73. The summed E-state index contributed by atoms with van der Waals surface area (Å²) in [5.74, 6) is 0.885. The zero-order valence-electron chi connectivity index (χ0n) is 17.2. The first-order valence-corrected chi connectivity index (χ1v) is 9.73. The molecule has 1 aromatic heterocycles. The minimum Gasteiger partial charge on any atom is -0.459 e.